The Morgan fingerprint density at radius 3 is 2.41 bits per heavy atom. The molecular formula is C23H29NO3. The van der Waals surface area contributed by atoms with Gasteiger partial charge >= 0.3 is 0 Å². The summed E-state index contributed by atoms with van der Waals surface area (Å²) < 4.78 is 0. The third-order valence-corrected chi connectivity index (χ3v) is 5.09. The van der Waals surface area contributed by atoms with Crippen molar-refractivity contribution in [3.05, 3.63) is 70.1 Å². The van der Waals surface area contributed by atoms with E-state index in [9.17, 15) is 14.7 Å². The molecule has 2 rings (SSSR count). The summed E-state index contributed by atoms with van der Waals surface area (Å²) in [5.74, 6) is -1.85. The van der Waals surface area contributed by atoms with Crippen LogP contribution in [0.15, 0.2) is 70.1 Å². The van der Waals surface area contributed by atoms with E-state index in [1.807, 2.05) is 32.1 Å². The minimum atomic E-state index is -0.751. The number of rotatable bonds is 5. The van der Waals surface area contributed by atoms with E-state index >= 15 is 0 Å². The molecule has 0 saturated heterocycles. The second-order valence-corrected chi connectivity index (χ2v) is 7.97. The number of hydrogen-bond acceptors (Lipinski definition) is 3. The Hall–Kier alpha value is -2.62. The molecule has 144 valence electrons. The minimum absolute atomic E-state index is 0.00434. The molecule has 27 heavy (non-hydrogen) atoms. The van der Waals surface area contributed by atoms with Crippen molar-refractivity contribution in [1.29, 1.82) is 0 Å². The van der Waals surface area contributed by atoms with E-state index in [0.717, 1.165) is 11.1 Å². The highest BCUT2D eigenvalue weighted by atomic mass is 16.3. The van der Waals surface area contributed by atoms with Crippen LogP contribution in [0.25, 0.3) is 0 Å². The highest BCUT2D eigenvalue weighted by Gasteiger charge is 2.28. The maximum atomic E-state index is 11.6. The zero-order valence-corrected chi connectivity index (χ0v) is 16.8. The molecule has 2 amide bonds. The molecule has 2 N–H and O–H groups in total. The number of imide groups is 1. The Morgan fingerprint density at radius 2 is 1.81 bits per heavy atom. The smallest absolute Gasteiger partial charge is 0.293 e. The van der Waals surface area contributed by atoms with Crippen molar-refractivity contribution in [1.82, 2.24) is 5.32 Å². The van der Waals surface area contributed by atoms with Gasteiger partial charge in [-0.1, -0.05) is 60.9 Å². The Kier molecular flexibility index (Phi) is 6.42. The number of allylic oxidation sites excluding steroid dienone is 9. The number of nitrogens with one attached hydrogen (secondary N) is 1. The van der Waals surface area contributed by atoms with E-state index in [4.69, 9.17) is 0 Å². The lowest BCUT2D eigenvalue weighted by Crippen LogP contribution is -2.22. The average Bonchev–Trinajstić information content (AvgIpc) is 2.80. The molecule has 0 fully saturated rings. The lowest BCUT2D eigenvalue weighted by Gasteiger charge is -2.32. The molecule has 0 atom stereocenters. The van der Waals surface area contributed by atoms with Crippen molar-refractivity contribution < 1.29 is 14.7 Å². The maximum absolute atomic E-state index is 11.6. The monoisotopic (exact) mass is 367 g/mol. The molecular weight excluding hydrogens is 338 g/mol. The third kappa shape index (κ3) is 5.19. The Morgan fingerprint density at radius 1 is 1.11 bits per heavy atom. The summed E-state index contributed by atoms with van der Waals surface area (Å²) in [6.07, 6.45) is 15.2. The summed E-state index contributed by atoms with van der Waals surface area (Å²) in [5, 5.41) is 11.7. The van der Waals surface area contributed by atoms with Gasteiger partial charge in [-0.3, -0.25) is 14.9 Å². The second kappa shape index (κ2) is 8.38. The van der Waals surface area contributed by atoms with Crippen molar-refractivity contribution >= 4 is 11.8 Å². The summed E-state index contributed by atoms with van der Waals surface area (Å²) >= 11 is 0. The van der Waals surface area contributed by atoms with Crippen molar-refractivity contribution in [2.75, 3.05) is 0 Å². The number of aliphatic hydroxyl groups excluding tert-OH is 1. The summed E-state index contributed by atoms with van der Waals surface area (Å²) in [6.45, 7) is 10.7. The largest absolute Gasteiger partial charge is 0.502 e. The first-order valence-corrected chi connectivity index (χ1v) is 9.32. The molecule has 0 spiro atoms. The molecule has 1 aliphatic carbocycles. The molecule has 0 aromatic carbocycles. The second-order valence-electron chi connectivity index (χ2n) is 7.97. The fraction of sp³-hybridized carbons (Fsp3) is 0.391. The van der Waals surface area contributed by atoms with Crippen LogP contribution in [-0.2, 0) is 9.59 Å². The molecule has 0 aromatic heterocycles. The van der Waals surface area contributed by atoms with Gasteiger partial charge in [0.15, 0.2) is 5.76 Å². The first-order valence-electron chi connectivity index (χ1n) is 9.32. The van der Waals surface area contributed by atoms with Crippen LogP contribution in [0.1, 0.15) is 53.9 Å². The van der Waals surface area contributed by atoms with Gasteiger partial charge in [-0.2, -0.15) is 0 Å². The Labute approximate surface area is 161 Å². The Bertz CT molecular complexity index is 830. The molecule has 0 bridgehead atoms. The standard InChI is InChI=1S/C23H29NO3/c1-15(11-12-19-17(3)10-7-13-23(19,4)5)8-6-9-16(2)14-18-20(25)22(27)24-21(18)26/h6,8-9,11-12,14H,7,10,13H2,1-5H3,(H2,24,25,26,27)/b9-6+,12-11+,15-8+,16-14+. The first-order chi connectivity index (χ1) is 12.6. The topological polar surface area (TPSA) is 66.4 Å². The third-order valence-electron chi connectivity index (χ3n) is 5.09. The van der Waals surface area contributed by atoms with E-state index in [-0.39, 0.29) is 11.0 Å². The van der Waals surface area contributed by atoms with E-state index < -0.39 is 17.6 Å². The normalized spacial score (nSPS) is 21.8. The zero-order valence-electron chi connectivity index (χ0n) is 16.8. The highest BCUT2D eigenvalue weighted by molar-refractivity contribution is 6.19. The predicted octanol–water partition coefficient (Wildman–Crippen LogP) is 4.99. The zero-order chi connectivity index (χ0) is 20.2. The number of aliphatic hydroxyl groups is 1. The fourth-order valence-corrected chi connectivity index (χ4v) is 3.50. The lowest BCUT2D eigenvalue weighted by atomic mass is 9.72. The number of carbonyl (C=O) groups excluding carboxylic acids is 2. The van der Waals surface area contributed by atoms with Gasteiger partial charge in [-0.15, -0.1) is 0 Å². The van der Waals surface area contributed by atoms with Gasteiger partial charge in [0.2, 0.25) is 0 Å². The molecule has 0 aromatic rings. The van der Waals surface area contributed by atoms with E-state index in [2.05, 4.69) is 38.2 Å². The van der Waals surface area contributed by atoms with Crippen LogP contribution in [-0.4, -0.2) is 16.9 Å². The summed E-state index contributed by atoms with van der Waals surface area (Å²) in [4.78, 5) is 22.8. The molecule has 4 nitrogen and oxygen atoms in total. The first kappa shape index (κ1) is 20.7. The van der Waals surface area contributed by atoms with Gasteiger partial charge in [-0.25, -0.2) is 0 Å². The van der Waals surface area contributed by atoms with Crippen LogP contribution < -0.4 is 5.32 Å². The van der Waals surface area contributed by atoms with Gasteiger partial charge in [0.1, 0.15) is 0 Å². The van der Waals surface area contributed by atoms with Crippen LogP contribution >= 0.6 is 0 Å². The van der Waals surface area contributed by atoms with Crippen LogP contribution in [0.3, 0.4) is 0 Å². The van der Waals surface area contributed by atoms with Crippen LogP contribution in [0.5, 0.6) is 0 Å². The molecule has 0 radical (unpaired) electrons. The van der Waals surface area contributed by atoms with Crippen molar-refractivity contribution in [3.8, 4) is 0 Å². The number of amides is 2. The fourth-order valence-electron chi connectivity index (χ4n) is 3.50. The minimum Gasteiger partial charge on any atom is -0.502 e. The summed E-state index contributed by atoms with van der Waals surface area (Å²) in [6, 6.07) is 0. The molecule has 2 aliphatic rings. The maximum Gasteiger partial charge on any atom is 0.293 e. The van der Waals surface area contributed by atoms with Crippen LogP contribution in [0.4, 0.5) is 0 Å². The molecule has 1 heterocycles. The van der Waals surface area contributed by atoms with E-state index in [0.29, 0.717) is 0 Å². The van der Waals surface area contributed by atoms with Crippen LogP contribution in [0, 0.1) is 5.41 Å². The van der Waals surface area contributed by atoms with Crippen molar-refractivity contribution in [2.45, 2.75) is 53.9 Å². The van der Waals surface area contributed by atoms with Gasteiger partial charge in [-0.05, 0) is 57.1 Å². The quantitative estimate of drug-likeness (QED) is 0.531. The van der Waals surface area contributed by atoms with E-state index in [1.165, 1.54) is 36.5 Å². The highest BCUT2D eigenvalue weighted by Crippen LogP contribution is 2.40. The van der Waals surface area contributed by atoms with Gasteiger partial charge in [0, 0.05) is 0 Å². The molecule has 1 aliphatic heterocycles. The SMILES string of the molecule is CC1=C(/C=C/C(C)=C/C=C/C(C)=C/C2=C(O)C(=O)NC2=O)C(C)(C)CCC1. The van der Waals surface area contributed by atoms with Crippen molar-refractivity contribution in [3.63, 3.8) is 0 Å². The van der Waals surface area contributed by atoms with Crippen LogP contribution in [0.2, 0.25) is 0 Å². The lowest BCUT2D eigenvalue weighted by molar-refractivity contribution is -0.125. The van der Waals surface area contributed by atoms with Crippen molar-refractivity contribution in [2.24, 2.45) is 5.41 Å². The van der Waals surface area contributed by atoms with E-state index in [1.54, 1.807) is 0 Å². The average molecular weight is 367 g/mol. The molecule has 0 saturated carbocycles. The number of carbonyl (C=O) groups is 2. The van der Waals surface area contributed by atoms with Gasteiger partial charge in [0.25, 0.3) is 11.8 Å². The summed E-state index contributed by atoms with van der Waals surface area (Å²) in [5.41, 5.74) is 5.02. The molecule has 4 heteroatoms. The summed E-state index contributed by atoms with van der Waals surface area (Å²) in [7, 11) is 0. The predicted molar refractivity (Wildman–Crippen MR) is 109 cm³/mol. The van der Waals surface area contributed by atoms with Gasteiger partial charge in [0.05, 0.1) is 5.57 Å². The molecule has 0 unspecified atom stereocenters. The van der Waals surface area contributed by atoms with Gasteiger partial charge < -0.3 is 5.11 Å². The number of hydrogen-bond donors (Lipinski definition) is 2. The Balaban J connectivity index is 2.08.